The second kappa shape index (κ2) is 5.96. The van der Waals surface area contributed by atoms with Crippen molar-refractivity contribution >= 4 is 17.7 Å². The molecular weight excluding hydrogens is 248 g/mol. The molecule has 0 amide bonds. The lowest BCUT2D eigenvalue weighted by molar-refractivity contribution is -0.131. The van der Waals surface area contributed by atoms with E-state index in [1.807, 2.05) is 45.0 Å². The first-order chi connectivity index (χ1) is 8.32. The number of allylic oxidation sites excluding steroid dienone is 1. The summed E-state index contributed by atoms with van der Waals surface area (Å²) in [4.78, 5) is 12.7. The molecular formula is C14H18O3S. The number of benzene rings is 1. The summed E-state index contributed by atoms with van der Waals surface area (Å²) in [6.45, 7) is 5.99. The third kappa shape index (κ3) is 4.45. The molecule has 1 rings (SSSR count). The van der Waals surface area contributed by atoms with Crippen LogP contribution in [0.3, 0.4) is 0 Å². The van der Waals surface area contributed by atoms with Gasteiger partial charge in [0.25, 0.3) is 0 Å². The number of aliphatic carboxylic acids is 1. The van der Waals surface area contributed by atoms with Crippen LogP contribution in [0.2, 0.25) is 0 Å². The molecule has 98 valence electrons. The maximum Gasteiger partial charge on any atom is 0.329 e. The minimum absolute atomic E-state index is 0.191. The fourth-order valence-corrected chi connectivity index (χ4v) is 2.27. The van der Waals surface area contributed by atoms with Gasteiger partial charge in [0.05, 0.1) is 7.11 Å². The van der Waals surface area contributed by atoms with Crippen molar-refractivity contribution in [2.75, 3.05) is 7.11 Å². The highest BCUT2D eigenvalue weighted by Gasteiger charge is 2.19. The van der Waals surface area contributed by atoms with Crippen molar-refractivity contribution in [3.8, 4) is 5.75 Å². The van der Waals surface area contributed by atoms with Crippen LogP contribution in [-0.4, -0.2) is 18.2 Å². The standard InChI is InChI=1S/C14H18O3S/c1-14(2,3)12(9-13(15)16)18-11-7-5-10(17-4)6-8-11/h5-9H,1-4H3,(H,15,16). The van der Waals surface area contributed by atoms with Gasteiger partial charge in [0.2, 0.25) is 0 Å². The summed E-state index contributed by atoms with van der Waals surface area (Å²) in [5, 5.41) is 8.90. The van der Waals surface area contributed by atoms with Gasteiger partial charge in [-0.2, -0.15) is 0 Å². The summed E-state index contributed by atoms with van der Waals surface area (Å²) in [7, 11) is 1.62. The van der Waals surface area contributed by atoms with E-state index < -0.39 is 5.97 Å². The number of carboxylic acid groups (broad SMARTS) is 1. The Morgan fingerprint density at radius 3 is 2.22 bits per heavy atom. The van der Waals surface area contributed by atoms with Crippen molar-refractivity contribution in [3.63, 3.8) is 0 Å². The highest BCUT2D eigenvalue weighted by molar-refractivity contribution is 8.03. The van der Waals surface area contributed by atoms with E-state index in [0.29, 0.717) is 0 Å². The zero-order chi connectivity index (χ0) is 13.8. The molecule has 0 bridgehead atoms. The third-order valence-electron chi connectivity index (χ3n) is 2.28. The lowest BCUT2D eigenvalue weighted by atomic mass is 9.96. The van der Waals surface area contributed by atoms with E-state index in [2.05, 4.69) is 0 Å². The lowest BCUT2D eigenvalue weighted by Crippen LogP contribution is -2.08. The number of carboxylic acids is 1. The molecule has 18 heavy (non-hydrogen) atoms. The summed E-state index contributed by atoms with van der Waals surface area (Å²) in [6, 6.07) is 7.57. The smallest absolute Gasteiger partial charge is 0.329 e. The van der Waals surface area contributed by atoms with Crippen LogP contribution in [0.5, 0.6) is 5.75 Å². The average molecular weight is 266 g/mol. The molecule has 0 saturated carbocycles. The number of hydrogen-bond acceptors (Lipinski definition) is 3. The zero-order valence-electron chi connectivity index (χ0n) is 11.1. The number of thioether (sulfide) groups is 1. The van der Waals surface area contributed by atoms with E-state index in [9.17, 15) is 4.79 Å². The van der Waals surface area contributed by atoms with E-state index >= 15 is 0 Å². The van der Waals surface area contributed by atoms with Crippen molar-refractivity contribution < 1.29 is 14.6 Å². The summed E-state index contributed by atoms with van der Waals surface area (Å²) in [6.07, 6.45) is 1.27. The topological polar surface area (TPSA) is 46.5 Å². The predicted octanol–water partition coefficient (Wildman–Crippen LogP) is 3.80. The van der Waals surface area contributed by atoms with Crippen molar-refractivity contribution in [1.29, 1.82) is 0 Å². The van der Waals surface area contributed by atoms with Crippen LogP contribution in [-0.2, 0) is 4.79 Å². The van der Waals surface area contributed by atoms with Gasteiger partial charge in [0.15, 0.2) is 0 Å². The summed E-state index contributed by atoms with van der Waals surface area (Å²) >= 11 is 1.47. The van der Waals surface area contributed by atoms with Gasteiger partial charge in [-0.15, -0.1) is 0 Å². The third-order valence-corrected chi connectivity index (χ3v) is 3.74. The molecule has 1 aromatic carbocycles. The van der Waals surface area contributed by atoms with E-state index in [-0.39, 0.29) is 5.41 Å². The van der Waals surface area contributed by atoms with E-state index in [0.717, 1.165) is 15.6 Å². The molecule has 1 aromatic rings. The van der Waals surface area contributed by atoms with Gasteiger partial charge < -0.3 is 9.84 Å². The Bertz CT molecular complexity index is 441. The number of hydrogen-bond donors (Lipinski definition) is 1. The van der Waals surface area contributed by atoms with Crippen molar-refractivity contribution in [3.05, 3.63) is 35.2 Å². The van der Waals surface area contributed by atoms with Crippen LogP contribution in [0.4, 0.5) is 0 Å². The maximum atomic E-state index is 10.8. The molecule has 1 N–H and O–H groups in total. The molecule has 0 aliphatic heterocycles. The van der Waals surface area contributed by atoms with E-state index in [4.69, 9.17) is 9.84 Å². The molecule has 4 heteroatoms. The SMILES string of the molecule is COc1ccc(SC(=CC(=O)O)C(C)(C)C)cc1. The first-order valence-electron chi connectivity index (χ1n) is 5.60. The Labute approximate surface area is 112 Å². The maximum absolute atomic E-state index is 10.8. The number of carbonyl (C=O) groups is 1. The van der Waals surface area contributed by atoms with Crippen LogP contribution in [0.15, 0.2) is 40.1 Å². The first-order valence-corrected chi connectivity index (χ1v) is 6.41. The number of ether oxygens (including phenoxy) is 1. The fourth-order valence-electron chi connectivity index (χ4n) is 1.28. The molecule has 0 aliphatic carbocycles. The quantitative estimate of drug-likeness (QED) is 0.665. The molecule has 0 radical (unpaired) electrons. The molecule has 0 spiro atoms. The Balaban J connectivity index is 2.93. The van der Waals surface area contributed by atoms with Crippen molar-refractivity contribution in [1.82, 2.24) is 0 Å². The van der Waals surface area contributed by atoms with Gasteiger partial charge in [-0.05, 0) is 29.7 Å². The van der Waals surface area contributed by atoms with E-state index in [1.54, 1.807) is 7.11 Å². The minimum atomic E-state index is -0.916. The van der Waals surface area contributed by atoms with Crippen LogP contribution >= 0.6 is 11.8 Å². The number of methoxy groups -OCH3 is 1. The molecule has 0 saturated heterocycles. The van der Waals surface area contributed by atoms with Crippen LogP contribution < -0.4 is 4.74 Å². The van der Waals surface area contributed by atoms with Gasteiger partial charge in [-0.25, -0.2) is 4.79 Å². The summed E-state index contributed by atoms with van der Waals surface area (Å²) in [5.41, 5.74) is -0.191. The molecule has 3 nitrogen and oxygen atoms in total. The van der Waals surface area contributed by atoms with Crippen molar-refractivity contribution in [2.45, 2.75) is 25.7 Å². The molecule has 0 aliphatic rings. The molecule has 0 unspecified atom stereocenters. The largest absolute Gasteiger partial charge is 0.497 e. The van der Waals surface area contributed by atoms with Gasteiger partial charge in [-0.1, -0.05) is 32.5 Å². The lowest BCUT2D eigenvalue weighted by Gasteiger charge is -2.22. The van der Waals surface area contributed by atoms with Gasteiger partial charge >= 0.3 is 5.97 Å². The zero-order valence-corrected chi connectivity index (χ0v) is 11.9. The Morgan fingerprint density at radius 1 is 1.28 bits per heavy atom. The van der Waals surface area contributed by atoms with Gasteiger partial charge in [-0.3, -0.25) is 0 Å². The Hall–Kier alpha value is -1.42. The highest BCUT2D eigenvalue weighted by atomic mass is 32.2. The first kappa shape index (κ1) is 14.6. The van der Waals surface area contributed by atoms with E-state index in [1.165, 1.54) is 17.8 Å². The normalized spacial score (nSPS) is 12.3. The Morgan fingerprint density at radius 2 is 1.83 bits per heavy atom. The molecule has 0 heterocycles. The molecule has 0 aromatic heterocycles. The highest BCUT2D eigenvalue weighted by Crippen LogP contribution is 2.39. The second-order valence-corrected chi connectivity index (χ2v) is 5.99. The van der Waals surface area contributed by atoms with Crippen LogP contribution in [0.1, 0.15) is 20.8 Å². The number of rotatable bonds is 4. The second-order valence-electron chi connectivity index (χ2n) is 4.87. The summed E-state index contributed by atoms with van der Waals surface area (Å²) < 4.78 is 5.09. The predicted molar refractivity (Wildman–Crippen MR) is 74.0 cm³/mol. The fraction of sp³-hybridized carbons (Fsp3) is 0.357. The summed E-state index contributed by atoms with van der Waals surface area (Å²) in [5.74, 6) is -0.125. The molecule has 0 fully saturated rings. The van der Waals surface area contributed by atoms with Crippen LogP contribution in [0, 0.1) is 5.41 Å². The monoisotopic (exact) mass is 266 g/mol. The average Bonchev–Trinajstić information content (AvgIpc) is 2.27. The molecule has 0 atom stereocenters. The van der Waals surface area contributed by atoms with Crippen molar-refractivity contribution in [2.24, 2.45) is 5.41 Å². The van der Waals surface area contributed by atoms with Gasteiger partial charge in [0.1, 0.15) is 5.75 Å². The van der Waals surface area contributed by atoms with Crippen LogP contribution in [0.25, 0.3) is 0 Å². The minimum Gasteiger partial charge on any atom is -0.497 e. The Kier molecular flexibility index (Phi) is 4.84. The van der Waals surface area contributed by atoms with Gasteiger partial charge in [0, 0.05) is 15.9 Å².